The summed E-state index contributed by atoms with van der Waals surface area (Å²) in [4.78, 5) is 4.11. The van der Waals surface area contributed by atoms with Gasteiger partial charge in [-0.05, 0) is 29.7 Å². The molecule has 3 rings (SSSR count). The summed E-state index contributed by atoms with van der Waals surface area (Å²) < 4.78 is 51.5. The van der Waals surface area contributed by atoms with E-state index in [4.69, 9.17) is 9.47 Å². The van der Waals surface area contributed by atoms with Crippen molar-refractivity contribution in [2.75, 3.05) is 7.11 Å². The van der Waals surface area contributed by atoms with E-state index in [0.29, 0.717) is 29.4 Å². The van der Waals surface area contributed by atoms with Crippen molar-refractivity contribution in [2.45, 2.75) is 39.1 Å². The Morgan fingerprint density at radius 1 is 1.36 bits per heavy atom. The first kappa shape index (κ1) is 20.0. The summed E-state index contributed by atoms with van der Waals surface area (Å²) in [5.41, 5.74) is 0.946. The number of aryl methyl sites for hydroxylation is 1. The quantitative estimate of drug-likeness (QED) is 0.651. The van der Waals surface area contributed by atoms with Gasteiger partial charge in [0.15, 0.2) is 0 Å². The molecule has 1 aliphatic heterocycles. The van der Waals surface area contributed by atoms with Gasteiger partial charge in [0.2, 0.25) is 5.88 Å². The van der Waals surface area contributed by atoms with Crippen molar-refractivity contribution < 1.29 is 22.6 Å². The Hall–Kier alpha value is -2.77. The molecule has 150 valence electrons. The summed E-state index contributed by atoms with van der Waals surface area (Å²) in [7, 11) is 1.53. The van der Waals surface area contributed by atoms with Crippen molar-refractivity contribution in [1.82, 2.24) is 14.8 Å². The second-order valence-corrected chi connectivity index (χ2v) is 6.89. The smallest absolute Gasteiger partial charge is 0.415 e. The molecule has 0 saturated carbocycles. The molecule has 0 aromatic carbocycles. The van der Waals surface area contributed by atoms with Gasteiger partial charge < -0.3 is 9.47 Å². The third-order valence-electron chi connectivity index (χ3n) is 4.55. The summed E-state index contributed by atoms with van der Waals surface area (Å²) in [6.45, 7) is 7.44. The standard InChI is InChI=1S/C20H22F3N3O2/c1-12(2)15(9-13(3)20(21,22)23)16-10-17-18(7-8-26(17)25-16)28-14-5-6-19(27-4)24-11-14/h5-6,9-12,18H,3,7-8H2,1-2,4H3/b15-9+. The van der Waals surface area contributed by atoms with E-state index in [1.165, 1.54) is 7.11 Å². The number of rotatable bonds is 6. The molecule has 1 aliphatic rings. The molecule has 1 atom stereocenters. The average Bonchev–Trinajstić information content (AvgIpc) is 3.20. The lowest BCUT2D eigenvalue weighted by atomic mass is 9.97. The van der Waals surface area contributed by atoms with Crippen LogP contribution < -0.4 is 9.47 Å². The first-order valence-corrected chi connectivity index (χ1v) is 8.91. The fourth-order valence-electron chi connectivity index (χ4n) is 3.04. The number of methoxy groups -OCH3 is 1. The molecule has 0 fully saturated rings. The fourth-order valence-corrected chi connectivity index (χ4v) is 3.04. The third kappa shape index (κ3) is 4.21. The second kappa shape index (κ2) is 7.69. The third-order valence-corrected chi connectivity index (χ3v) is 4.55. The molecule has 0 aliphatic carbocycles. The highest BCUT2D eigenvalue weighted by Crippen LogP contribution is 2.35. The second-order valence-electron chi connectivity index (χ2n) is 6.89. The average molecular weight is 393 g/mol. The van der Waals surface area contributed by atoms with E-state index in [1.807, 2.05) is 13.8 Å². The molecular weight excluding hydrogens is 371 g/mol. The zero-order chi connectivity index (χ0) is 20.5. The zero-order valence-electron chi connectivity index (χ0n) is 16.0. The van der Waals surface area contributed by atoms with E-state index in [-0.39, 0.29) is 12.0 Å². The molecule has 0 spiro atoms. The zero-order valence-corrected chi connectivity index (χ0v) is 16.0. The molecule has 8 heteroatoms. The number of halogens is 3. The first-order chi connectivity index (χ1) is 13.2. The van der Waals surface area contributed by atoms with Gasteiger partial charge in [0.05, 0.1) is 24.7 Å². The van der Waals surface area contributed by atoms with Gasteiger partial charge >= 0.3 is 6.18 Å². The molecule has 0 radical (unpaired) electrons. The Morgan fingerprint density at radius 2 is 2.11 bits per heavy atom. The Labute approximate surface area is 161 Å². The highest BCUT2D eigenvalue weighted by molar-refractivity contribution is 5.67. The van der Waals surface area contributed by atoms with Crippen LogP contribution >= 0.6 is 0 Å². The number of aromatic nitrogens is 3. The number of pyridine rings is 1. The normalized spacial score (nSPS) is 17.0. The minimum absolute atomic E-state index is 0.139. The Morgan fingerprint density at radius 3 is 2.68 bits per heavy atom. The lowest BCUT2D eigenvalue weighted by Crippen LogP contribution is -2.10. The van der Waals surface area contributed by atoms with Gasteiger partial charge in [0.1, 0.15) is 11.9 Å². The number of alkyl halides is 3. The number of nitrogens with zero attached hydrogens (tertiary/aromatic N) is 3. The van der Waals surface area contributed by atoms with Crippen LogP contribution in [0.15, 0.2) is 42.6 Å². The Kier molecular flexibility index (Phi) is 5.49. The highest BCUT2D eigenvalue weighted by atomic mass is 19.4. The SMILES string of the molecule is C=C(/C=C(/c1cc2n(n1)CCC2Oc1ccc(OC)nc1)C(C)C)C(F)(F)F. The largest absolute Gasteiger partial charge is 0.482 e. The van der Waals surface area contributed by atoms with E-state index >= 15 is 0 Å². The van der Waals surface area contributed by atoms with Crippen LogP contribution in [0.25, 0.3) is 5.57 Å². The number of fused-ring (bicyclic) bond motifs is 1. The van der Waals surface area contributed by atoms with Gasteiger partial charge in [-0.1, -0.05) is 20.4 Å². The van der Waals surface area contributed by atoms with Crippen LogP contribution in [-0.4, -0.2) is 28.1 Å². The summed E-state index contributed by atoms with van der Waals surface area (Å²) in [6, 6.07) is 5.26. The highest BCUT2D eigenvalue weighted by Gasteiger charge is 2.32. The van der Waals surface area contributed by atoms with Gasteiger partial charge in [-0.25, -0.2) is 4.98 Å². The molecular formula is C20H22F3N3O2. The number of allylic oxidation sites excluding steroid dienone is 3. The van der Waals surface area contributed by atoms with Crippen LogP contribution in [0.2, 0.25) is 0 Å². The van der Waals surface area contributed by atoms with Crippen LogP contribution in [0.4, 0.5) is 13.2 Å². The molecule has 2 aromatic heterocycles. The minimum Gasteiger partial charge on any atom is -0.482 e. The van der Waals surface area contributed by atoms with E-state index in [0.717, 1.165) is 18.2 Å². The van der Waals surface area contributed by atoms with E-state index in [9.17, 15) is 13.2 Å². The van der Waals surface area contributed by atoms with Gasteiger partial charge in [-0.3, -0.25) is 4.68 Å². The number of hydrogen-bond donors (Lipinski definition) is 0. The maximum Gasteiger partial charge on any atom is 0.415 e. The van der Waals surface area contributed by atoms with Crippen molar-refractivity contribution in [3.8, 4) is 11.6 Å². The van der Waals surface area contributed by atoms with Crippen LogP contribution in [0.3, 0.4) is 0 Å². The molecule has 0 saturated heterocycles. The first-order valence-electron chi connectivity index (χ1n) is 8.91. The predicted molar refractivity (Wildman–Crippen MR) is 99.0 cm³/mol. The Bertz CT molecular complexity index is 883. The number of ether oxygens (including phenoxy) is 2. The van der Waals surface area contributed by atoms with Crippen molar-refractivity contribution in [3.05, 3.63) is 54.0 Å². The molecule has 28 heavy (non-hydrogen) atoms. The van der Waals surface area contributed by atoms with Crippen LogP contribution in [0, 0.1) is 5.92 Å². The van der Waals surface area contributed by atoms with Crippen LogP contribution in [0.1, 0.15) is 37.8 Å². The molecule has 3 heterocycles. The van der Waals surface area contributed by atoms with Crippen molar-refractivity contribution in [3.63, 3.8) is 0 Å². The monoisotopic (exact) mass is 393 g/mol. The minimum atomic E-state index is -4.46. The molecule has 1 unspecified atom stereocenters. The maximum absolute atomic E-state index is 12.9. The van der Waals surface area contributed by atoms with E-state index < -0.39 is 11.7 Å². The Balaban J connectivity index is 1.84. The summed E-state index contributed by atoms with van der Waals surface area (Å²) >= 11 is 0. The summed E-state index contributed by atoms with van der Waals surface area (Å²) in [5, 5.41) is 4.49. The van der Waals surface area contributed by atoms with E-state index in [2.05, 4.69) is 16.7 Å². The van der Waals surface area contributed by atoms with Gasteiger partial charge in [-0.2, -0.15) is 18.3 Å². The van der Waals surface area contributed by atoms with Crippen LogP contribution in [0.5, 0.6) is 11.6 Å². The number of hydrogen-bond acceptors (Lipinski definition) is 4. The lowest BCUT2D eigenvalue weighted by molar-refractivity contribution is -0.0877. The summed E-state index contributed by atoms with van der Waals surface area (Å²) in [5.74, 6) is 0.940. The topological polar surface area (TPSA) is 49.2 Å². The molecule has 0 bridgehead atoms. The van der Waals surface area contributed by atoms with Gasteiger partial charge in [0.25, 0.3) is 0 Å². The molecule has 0 amide bonds. The van der Waals surface area contributed by atoms with Crippen molar-refractivity contribution in [1.29, 1.82) is 0 Å². The lowest BCUT2D eigenvalue weighted by Gasteiger charge is -2.14. The van der Waals surface area contributed by atoms with Crippen molar-refractivity contribution >= 4 is 5.57 Å². The fraction of sp³-hybridized carbons (Fsp3) is 0.400. The summed E-state index contributed by atoms with van der Waals surface area (Å²) in [6.07, 6.45) is -1.33. The van der Waals surface area contributed by atoms with Crippen molar-refractivity contribution in [2.24, 2.45) is 5.92 Å². The predicted octanol–water partition coefficient (Wildman–Crippen LogP) is 4.97. The molecule has 2 aromatic rings. The van der Waals surface area contributed by atoms with E-state index in [1.54, 1.807) is 29.1 Å². The molecule has 5 nitrogen and oxygen atoms in total. The maximum atomic E-state index is 12.9. The van der Waals surface area contributed by atoms with Crippen LogP contribution in [-0.2, 0) is 6.54 Å². The molecule has 0 N–H and O–H groups in total. The van der Waals surface area contributed by atoms with Gasteiger partial charge in [-0.15, -0.1) is 0 Å². The van der Waals surface area contributed by atoms with Gasteiger partial charge in [0, 0.05) is 24.6 Å².